The lowest BCUT2D eigenvalue weighted by Crippen LogP contribution is -2.27. The van der Waals surface area contributed by atoms with Crippen molar-refractivity contribution in [3.63, 3.8) is 0 Å². The fourth-order valence-electron chi connectivity index (χ4n) is 4.31. The van der Waals surface area contributed by atoms with Gasteiger partial charge in [-0.3, -0.25) is 0 Å². The molecule has 1 aliphatic carbocycles. The number of rotatable bonds is 3. The van der Waals surface area contributed by atoms with E-state index in [-0.39, 0.29) is 17.9 Å². The number of allylic oxidation sites excluding steroid dienone is 2. The molecule has 3 rings (SSSR count). The number of aryl methyl sites for hydroxylation is 1. The van der Waals surface area contributed by atoms with Gasteiger partial charge in [0.05, 0.1) is 12.2 Å². The van der Waals surface area contributed by atoms with Gasteiger partial charge >= 0.3 is 11.9 Å². The van der Waals surface area contributed by atoms with Crippen molar-refractivity contribution in [2.45, 2.75) is 64.3 Å². The minimum atomic E-state index is -0.621. The molecular formula is C26H32O5. The van der Waals surface area contributed by atoms with Crippen LogP contribution in [0, 0.1) is 18.8 Å². The molecular weight excluding hydrogens is 392 g/mol. The molecule has 0 spiro atoms. The van der Waals surface area contributed by atoms with Crippen LogP contribution >= 0.6 is 0 Å². The summed E-state index contributed by atoms with van der Waals surface area (Å²) in [5, 5.41) is 10.3. The zero-order chi connectivity index (χ0) is 22.2. The van der Waals surface area contributed by atoms with Gasteiger partial charge in [0.25, 0.3) is 0 Å². The fourth-order valence-corrected chi connectivity index (χ4v) is 4.31. The van der Waals surface area contributed by atoms with Crippen LogP contribution in [0.25, 0.3) is 6.08 Å². The first-order chi connectivity index (χ1) is 14.9. The molecule has 31 heavy (non-hydrogen) atoms. The monoisotopic (exact) mass is 424 g/mol. The first-order valence-corrected chi connectivity index (χ1v) is 11.1. The van der Waals surface area contributed by atoms with Crippen molar-refractivity contribution in [1.29, 1.82) is 0 Å². The summed E-state index contributed by atoms with van der Waals surface area (Å²) in [4.78, 5) is 24.8. The maximum Gasteiger partial charge on any atom is 0.331 e. The molecule has 1 aromatic carbocycles. The number of hydrogen-bond donors (Lipinski definition) is 1. The second-order valence-corrected chi connectivity index (χ2v) is 8.51. The zero-order valence-corrected chi connectivity index (χ0v) is 18.3. The number of carbonyl (C=O) groups excluding carboxylic acids is 2. The van der Waals surface area contributed by atoms with Crippen molar-refractivity contribution in [1.82, 2.24) is 0 Å². The van der Waals surface area contributed by atoms with E-state index in [1.807, 2.05) is 38.1 Å². The molecule has 2 aliphatic rings. The standard InChI is InChI=1S/C26H32O5/c1-18-8-6-7-10-20(18)12-14-26(29)31-24-13-15-25(28)30-19(2)9-4-3-5-11-21-16-22(27)17-23(21)24/h5-8,10-15,19,21-24,27H,3-4,9,16-17H2,1-2H3/b11-5+,14-12+,15-13+/t19-,21+,22-,23+,24+/m0/s1. The van der Waals surface area contributed by atoms with E-state index in [0.29, 0.717) is 12.8 Å². The van der Waals surface area contributed by atoms with Crippen LogP contribution in [0.2, 0.25) is 0 Å². The highest BCUT2D eigenvalue weighted by atomic mass is 16.5. The van der Waals surface area contributed by atoms with E-state index in [1.54, 1.807) is 12.2 Å². The summed E-state index contributed by atoms with van der Waals surface area (Å²) in [6.07, 6.45) is 12.9. The molecule has 0 saturated heterocycles. The molecule has 5 atom stereocenters. The van der Waals surface area contributed by atoms with Crippen LogP contribution in [0.15, 0.2) is 54.6 Å². The van der Waals surface area contributed by atoms with Crippen LogP contribution in [0.4, 0.5) is 0 Å². The van der Waals surface area contributed by atoms with Crippen LogP contribution in [-0.2, 0) is 19.1 Å². The molecule has 0 radical (unpaired) electrons. The summed E-state index contributed by atoms with van der Waals surface area (Å²) in [6.45, 7) is 3.86. The number of fused-ring (bicyclic) bond motifs is 1. The average molecular weight is 425 g/mol. The lowest BCUT2D eigenvalue weighted by Gasteiger charge is -2.24. The van der Waals surface area contributed by atoms with Gasteiger partial charge in [-0.2, -0.15) is 0 Å². The lowest BCUT2D eigenvalue weighted by atomic mass is 9.89. The van der Waals surface area contributed by atoms with E-state index in [9.17, 15) is 14.7 Å². The van der Waals surface area contributed by atoms with Gasteiger partial charge in [0.15, 0.2) is 0 Å². The second-order valence-electron chi connectivity index (χ2n) is 8.51. The third-order valence-corrected chi connectivity index (χ3v) is 6.00. The topological polar surface area (TPSA) is 72.8 Å². The predicted octanol–water partition coefficient (Wildman–Crippen LogP) is 4.54. The Bertz CT molecular complexity index is 853. The Morgan fingerprint density at radius 2 is 2.03 bits per heavy atom. The Kier molecular flexibility index (Phi) is 8.24. The fraction of sp³-hybridized carbons (Fsp3) is 0.462. The van der Waals surface area contributed by atoms with Crippen LogP contribution < -0.4 is 0 Å². The highest BCUT2D eigenvalue weighted by molar-refractivity contribution is 5.87. The van der Waals surface area contributed by atoms with Crippen LogP contribution in [-0.4, -0.2) is 35.4 Å². The largest absolute Gasteiger partial charge is 0.460 e. The Morgan fingerprint density at radius 3 is 2.84 bits per heavy atom. The molecule has 0 aromatic heterocycles. The van der Waals surface area contributed by atoms with Crippen molar-refractivity contribution < 1.29 is 24.2 Å². The van der Waals surface area contributed by atoms with E-state index in [4.69, 9.17) is 9.47 Å². The number of carbonyl (C=O) groups is 2. The molecule has 1 aliphatic heterocycles. The molecule has 1 N–H and O–H groups in total. The van der Waals surface area contributed by atoms with Gasteiger partial charge in [0, 0.05) is 18.1 Å². The third kappa shape index (κ3) is 6.93. The molecule has 1 fully saturated rings. The van der Waals surface area contributed by atoms with Gasteiger partial charge in [-0.1, -0.05) is 36.4 Å². The Balaban J connectivity index is 1.79. The highest BCUT2D eigenvalue weighted by Gasteiger charge is 2.38. The summed E-state index contributed by atoms with van der Waals surface area (Å²) in [7, 11) is 0. The normalized spacial score (nSPS) is 31.6. The summed E-state index contributed by atoms with van der Waals surface area (Å²) in [5.41, 5.74) is 2.01. The first-order valence-electron chi connectivity index (χ1n) is 11.1. The quantitative estimate of drug-likeness (QED) is 0.438. The lowest BCUT2D eigenvalue weighted by molar-refractivity contribution is -0.145. The molecule has 0 bridgehead atoms. The zero-order valence-electron chi connectivity index (χ0n) is 18.3. The number of cyclic esters (lactones) is 1. The van der Waals surface area contributed by atoms with Crippen molar-refractivity contribution >= 4 is 18.0 Å². The molecule has 0 amide bonds. The SMILES string of the molecule is Cc1ccccc1/C=C/C(=O)O[C@@H]1/C=C/C(=O)O[C@@H](C)CCC/C=C/[C@@H]2C[C@H](O)C[C@H]21. The van der Waals surface area contributed by atoms with Crippen LogP contribution in [0.1, 0.15) is 50.2 Å². The highest BCUT2D eigenvalue weighted by Crippen LogP contribution is 2.37. The Morgan fingerprint density at radius 1 is 1.23 bits per heavy atom. The molecule has 1 heterocycles. The van der Waals surface area contributed by atoms with Crippen molar-refractivity contribution in [2.75, 3.05) is 0 Å². The van der Waals surface area contributed by atoms with E-state index >= 15 is 0 Å². The molecule has 166 valence electrons. The summed E-state index contributed by atoms with van der Waals surface area (Å²) in [6, 6.07) is 7.78. The number of aliphatic hydroxyl groups is 1. The van der Waals surface area contributed by atoms with Gasteiger partial charge in [0.2, 0.25) is 0 Å². The second kappa shape index (κ2) is 11.1. The smallest absolute Gasteiger partial charge is 0.331 e. The first kappa shape index (κ1) is 23.0. The summed E-state index contributed by atoms with van der Waals surface area (Å²) < 4.78 is 11.2. The van der Waals surface area contributed by atoms with Gasteiger partial charge in [0.1, 0.15) is 6.10 Å². The maximum atomic E-state index is 12.6. The van der Waals surface area contributed by atoms with Gasteiger partial charge in [-0.25, -0.2) is 9.59 Å². The van der Waals surface area contributed by atoms with Gasteiger partial charge in [-0.05, 0) is 75.1 Å². The van der Waals surface area contributed by atoms with Crippen molar-refractivity contribution in [3.05, 3.63) is 65.8 Å². The molecule has 0 unspecified atom stereocenters. The van der Waals surface area contributed by atoms with Crippen molar-refractivity contribution in [2.24, 2.45) is 11.8 Å². The predicted molar refractivity (Wildman–Crippen MR) is 120 cm³/mol. The third-order valence-electron chi connectivity index (χ3n) is 6.00. The van der Waals surface area contributed by atoms with Crippen LogP contribution in [0.3, 0.4) is 0 Å². The Hall–Kier alpha value is -2.66. The number of aliphatic hydroxyl groups excluding tert-OH is 1. The molecule has 1 saturated carbocycles. The minimum Gasteiger partial charge on any atom is -0.460 e. The average Bonchev–Trinajstić information content (AvgIpc) is 3.10. The van der Waals surface area contributed by atoms with E-state index in [2.05, 4.69) is 12.2 Å². The van der Waals surface area contributed by atoms with Crippen molar-refractivity contribution in [3.8, 4) is 0 Å². The minimum absolute atomic E-state index is 0.0898. The summed E-state index contributed by atoms with van der Waals surface area (Å²) in [5.74, 6) is -0.921. The van der Waals surface area contributed by atoms with Gasteiger partial charge in [-0.15, -0.1) is 0 Å². The van der Waals surface area contributed by atoms with Crippen LogP contribution in [0.5, 0.6) is 0 Å². The number of hydrogen-bond acceptors (Lipinski definition) is 5. The molecule has 5 nitrogen and oxygen atoms in total. The number of ether oxygens (including phenoxy) is 2. The maximum absolute atomic E-state index is 12.6. The molecule has 5 heteroatoms. The summed E-state index contributed by atoms with van der Waals surface area (Å²) >= 11 is 0. The van der Waals surface area contributed by atoms with E-state index in [0.717, 1.165) is 30.4 Å². The number of benzene rings is 1. The van der Waals surface area contributed by atoms with Gasteiger partial charge < -0.3 is 14.6 Å². The van der Waals surface area contributed by atoms with E-state index < -0.39 is 24.1 Å². The van der Waals surface area contributed by atoms with E-state index in [1.165, 1.54) is 12.2 Å². The Labute approximate surface area is 184 Å². The number of esters is 2. The molecule has 1 aromatic rings.